The van der Waals surface area contributed by atoms with E-state index in [2.05, 4.69) is 15.0 Å². The maximum absolute atomic E-state index is 5.51. The molecule has 9 nitrogen and oxygen atoms in total. The van der Waals surface area contributed by atoms with Gasteiger partial charge in [0.1, 0.15) is 0 Å². The van der Waals surface area contributed by atoms with E-state index >= 15 is 0 Å². The summed E-state index contributed by atoms with van der Waals surface area (Å²) in [7, 11) is 5.64. The highest BCUT2D eigenvalue weighted by atomic mass is 16.8. The molecule has 0 aliphatic heterocycles. The number of aromatic nitrogens is 3. The smallest absolute Gasteiger partial charge is 0.283 e. The van der Waals surface area contributed by atoms with Gasteiger partial charge in [0.05, 0.1) is 0 Å². The molecule has 0 fully saturated rings. The Labute approximate surface area is 104 Å². The summed E-state index contributed by atoms with van der Waals surface area (Å²) in [5.74, 6) is -1.54. The standard InChI is InChI=1S/C9H17N5O4/c1-15-6(16-2)9(17-3,18-4)5-12-7(10)14-8(11)13-5/h6H,1-4H3,(H4,10,11,12,13,14). The lowest BCUT2D eigenvalue weighted by molar-refractivity contribution is -0.339. The van der Waals surface area contributed by atoms with Crippen LogP contribution >= 0.6 is 0 Å². The van der Waals surface area contributed by atoms with Crippen LogP contribution in [0.25, 0.3) is 0 Å². The Kier molecular flexibility index (Phi) is 4.73. The first kappa shape index (κ1) is 14.5. The Morgan fingerprint density at radius 2 is 1.33 bits per heavy atom. The number of hydrogen-bond acceptors (Lipinski definition) is 9. The van der Waals surface area contributed by atoms with Crippen LogP contribution in [0.5, 0.6) is 0 Å². The second-order valence-corrected chi connectivity index (χ2v) is 3.25. The number of anilines is 2. The first-order valence-electron chi connectivity index (χ1n) is 4.97. The van der Waals surface area contributed by atoms with E-state index < -0.39 is 12.1 Å². The van der Waals surface area contributed by atoms with Gasteiger partial charge in [0.25, 0.3) is 5.79 Å². The van der Waals surface area contributed by atoms with Gasteiger partial charge in [-0.05, 0) is 0 Å². The van der Waals surface area contributed by atoms with E-state index in [0.29, 0.717) is 0 Å². The van der Waals surface area contributed by atoms with Gasteiger partial charge in [-0.1, -0.05) is 0 Å². The van der Waals surface area contributed by atoms with Crippen LogP contribution in [0.1, 0.15) is 5.82 Å². The molecule has 0 spiro atoms. The van der Waals surface area contributed by atoms with Gasteiger partial charge in [-0.15, -0.1) is 0 Å². The molecular weight excluding hydrogens is 242 g/mol. The van der Waals surface area contributed by atoms with Crippen LogP contribution in [0.2, 0.25) is 0 Å². The lowest BCUT2D eigenvalue weighted by Gasteiger charge is -2.34. The third kappa shape index (κ3) is 2.48. The van der Waals surface area contributed by atoms with Crippen molar-refractivity contribution in [2.75, 3.05) is 39.9 Å². The van der Waals surface area contributed by atoms with Crippen molar-refractivity contribution >= 4 is 11.9 Å². The van der Waals surface area contributed by atoms with Crippen LogP contribution in [0.4, 0.5) is 11.9 Å². The number of ether oxygens (including phenoxy) is 4. The Hall–Kier alpha value is -1.55. The van der Waals surface area contributed by atoms with Crippen LogP contribution < -0.4 is 11.5 Å². The molecule has 1 aromatic rings. The van der Waals surface area contributed by atoms with Crippen molar-refractivity contribution in [3.63, 3.8) is 0 Å². The number of hydrogen-bond donors (Lipinski definition) is 2. The van der Waals surface area contributed by atoms with E-state index in [4.69, 9.17) is 30.4 Å². The summed E-state index contributed by atoms with van der Waals surface area (Å²) in [6.07, 6.45) is -0.909. The molecule has 0 saturated carbocycles. The average Bonchev–Trinajstić information content (AvgIpc) is 2.34. The largest absolute Gasteiger partial charge is 0.368 e. The van der Waals surface area contributed by atoms with Crippen LogP contribution in [-0.4, -0.2) is 49.7 Å². The van der Waals surface area contributed by atoms with E-state index in [1.807, 2.05) is 0 Å². The number of methoxy groups -OCH3 is 4. The summed E-state index contributed by atoms with van der Waals surface area (Å²) < 4.78 is 20.8. The number of nitrogens with two attached hydrogens (primary N) is 2. The fourth-order valence-electron chi connectivity index (χ4n) is 1.54. The molecule has 18 heavy (non-hydrogen) atoms. The third-order valence-electron chi connectivity index (χ3n) is 2.33. The Bertz CT molecular complexity index is 374. The number of rotatable bonds is 6. The highest BCUT2D eigenvalue weighted by Crippen LogP contribution is 2.30. The van der Waals surface area contributed by atoms with Crippen molar-refractivity contribution in [1.82, 2.24) is 15.0 Å². The van der Waals surface area contributed by atoms with Gasteiger partial charge in [-0.3, -0.25) is 0 Å². The minimum absolute atomic E-state index is 0.0538. The highest BCUT2D eigenvalue weighted by molar-refractivity contribution is 5.27. The lowest BCUT2D eigenvalue weighted by Crippen LogP contribution is -2.47. The van der Waals surface area contributed by atoms with Gasteiger partial charge in [0.2, 0.25) is 24.0 Å². The Balaban J connectivity index is 3.33. The lowest BCUT2D eigenvalue weighted by atomic mass is 10.2. The van der Waals surface area contributed by atoms with E-state index in [9.17, 15) is 0 Å². The molecule has 1 rings (SSSR count). The fourth-order valence-corrected chi connectivity index (χ4v) is 1.54. The van der Waals surface area contributed by atoms with Crippen LogP contribution in [0, 0.1) is 0 Å². The number of nitrogen functional groups attached to an aromatic ring is 2. The summed E-state index contributed by atoms with van der Waals surface area (Å²) in [5, 5.41) is 0. The van der Waals surface area contributed by atoms with Gasteiger partial charge in [0.15, 0.2) is 0 Å². The first-order chi connectivity index (χ1) is 8.53. The second kappa shape index (κ2) is 5.87. The van der Waals surface area contributed by atoms with Crippen molar-refractivity contribution in [3.05, 3.63) is 5.82 Å². The van der Waals surface area contributed by atoms with Gasteiger partial charge < -0.3 is 30.4 Å². The van der Waals surface area contributed by atoms with Crippen LogP contribution in [-0.2, 0) is 24.7 Å². The zero-order chi connectivity index (χ0) is 13.8. The maximum atomic E-state index is 5.51. The SMILES string of the molecule is COC(OC)C(OC)(OC)c1nc(N)nc(N)n1. The maximum Gasteiger partial charge on any atom is 0.283 e. The molecule has 0 aliphatic rings. The molecule has 0 radical (unpaired) electrons. The topological polar surface area (TPSA) is 128 Å². The molecule has 1 aromatic heterocycles. The zero-order valence-electron chi connectivity index (χ0n) is 10.7. The minimum atomic E-state index is -1.49. The Morgan fingerprint density at radius 3 is 1.67 bits per heavy atom. The number of nitrogens with zero attached hydrogens (tertiary/aromatic N) is 3. The van der Waals surface area contributed by atoms with Gasteiger partial charge in [-0.25, -0.2) is 0 Å². The van der Waals surface area contributed by atoms with Crippen molar-refractivity contribution in [3.8, 4) is 0 Å². The molecule has 0 saturated heterocycles. The van der Waals surface area contributed by atoms with Gasteiger partial charge in [0, 0.05) is 28.4 Å². The monoisotopic (exact) mass is 259 g/mol. The third-order valence-corrected chi connectivity index (χ3v) is 2.33. The summed E-state index contributed by atoms with van der Waals surface area (Å²) in [6.45, 7) is 0. The quantitative estimate of drug-likeness (QED) is 0.624. The van der Waals surface area contributed by atoms with E-state index in [0.717, 1.165) is 0 Å². The summed E-state index contributed by atoms with van der Waals surface area (Å²) in [5.41, 5.74) is 11.0. The fraction of sp³-hybridized carbons (Fsp3) is 0.667. The molecule has 0 atom stereocenters. The molecule has 9 heteroatoms. The summed E-state index contributed by atoms with van der Waals surface area (Å²) in [4.78, 5) is 11.5. The van der Waals surface area contributed by atoms with Crippen molar-refractivity contribution in [2.45, 2.75) is 12.1 Å². The highest BCUT2D eigenvalue weighted by Gasteiger charge is 2.46. The molecule has 0 bridgehead atoms. The molecule has 102 valence electrons. The van der Waals surface area contributed by atoms with Gasteiger partial charge in [-0.2, -0.15) is 15.0 Å². The van der Waals surface area contributed by atoms with Crippen LogP contribution in [0.15, 0.2) is 0 Å². The minimum Gasteiger partial charge on any atom is -0.368 e. The molecule has 1 heterocycles. The molecule has 0 aromatic carbocycles. The molecule has 0 unspecified atom stereocenters. The molecule has 0 aliphatic carbocycles. The molecule has 4 N–H and O–H groups in total. The van der Waals surface area contributed by atoms with E-state index in [1.54, 1.807) is 0 Å². The summed E-state index contributed by atoms with van der Waals surface area (Å²) >= 11 is 0. The van der Waals surface area contributed by atoms with E-state index in [-0.39, 0.29) is 17.7 Å². The van der Waals surface area contributed by atoms with Crippen LogP contribution in [0.3, 0.4) is 0 Å². The predicted octanol–water partition coefficient (Wildman–Crippen LogP) is -0.899. The second-order valence-electron chi connectivity index (χ2n) is 3.25. The van der Waals surface area contributed by atoms with Crippen molar-refractivity contribution in [2.24, 2.45) is 0 Å². The summed E-state index contributed by atoms with van der Waals surface area (Å²) in [6, 6.07) is 0. The van der Waals surface area contributed by atoms with E-state index in [1.165, 1.54) is 28.4 Å². The normalized spacial score (nSPS) is 12.1. The van der Waals surface area contributed by atoms with Gasteiger partial charge >= 0.3 is 0 Å². The zero-order valence-corrected chi connectivity index (χ0v) is 10.7. The van der Waals surface area contributed by atoms with Crippen molar-refractivity contribution in [1.29, 1.82) is 0 Å². The average molecular weight is 259 g/mol. The molecule has 0 amide bonds. The predicted molar refractivity (Wildman–Crippen MR) is 62.2 cm³/mol. The first-order valence-corrected chi connectivity index (χ1v) is 4.97. The van der Waals surface area contributed by atoms with Crippen molar-refractivity contribution < 1.29 is 18.9 Å². The Morgan fingerprint density at radius 1 is 0.889 bits per heavy atom. The molecular formula is C9H17N5O4.